The maximum Gasteiger partial charge on any atom is 0.280 e. The minimum Gasteiger partial charge on any atom is -0.507 e. The van der Waals surface area contributed by atoms with Crippen LogP contribution in [0.4, 0.5) is 0 Å². The van der Waals surface area contributed by atoms with Crippen LogP contribution in [0.5, 0.6) is 28.7 Å². The second kappa shape index (κ2) is 38.6. The second-order valence-electron chi connectivity index (χ2n) is 32.1. The molecule has 10 N–H and O–H groups in total. The van der Waals surface area contributed by atoms with Crippen LogP contribution >= 0.6 is 81.2 Å². The van der Waals surface area contributed by atoms with Crippen molar-refractivity contribution in [3.8, 4) is 140 Å². The summed E-state index contributed by atoms with van der Waals surface area (Å²) >= 11 is 42.3. The number of phenolic OH excluding ortho intramolecular Hbond substituents is 5. The number of aromatic hydroxyl groups is 5. The van der Waals surface area contributed by atoms with Crippen LogP contribution in [0.1, 0.15) is 50.7 Å². The third-order valence-corrected chi connectivity index (χ3v) is 25.1. The molecular weight excluding hydrogens is 1870 g/mol. The summed E-state index contributed by atoms with van der Waals surface area (Å²) in [5, 5.41) is 70.1. The van der Waals surface area contributed by atoms with Crippen molar-refractivity contribution in [1.82, 2.24) is 73.0 Å². The molecule has 136 heavy (non-hydrogen) atoms. The molecule has 0 radical (unpaired) electrons. The predicted molar refractivity (Wildman–Crippen MR) is 539 cm³/mol. The third-order valence-electron chi connectivity index (χ3n) is 22.8. The van der Waals surface area contributed by atoms with E-state index in [1.54, 1.807) is 127 Å². The highest BCUT2D eigenvalue weighted by Gasteiger charge is 2.26. The minimum absolute atomic E-state index is 0.0272. The number of phenols is 5. The molecule has 32 heteroatoms. The molecule has 0 unspecified atom stereocenters. The summed E-state index contributed by atoms with van der Waals surface area (Å²) in [5.74, 6) is 0.228. The van der Waals surface area contributed by atoms with Crippen LogP contribution in [0.2, 0.25) is 35.2 Å². The van der Waals surface area contributed by atoms with E-state index >= 15 is 0 Å². The Bertz CT molecular complexity index is 8600. The number of hydrogen-bond acceptors (Lipinski definition) is 15. The van der Waals surface area contributed by atoms with Crippen molar-refractivity contribution in [2.24, 2.45) is 0 Å². The van der Waals surface area contributed by atoms with Crippen molar-refractivity contribution >= 4 is 109 Å². The van der Waals surface area contributed by atoms with E-state index in [1.165, 1.54) is 59.6 Å². The average molecular weight is 1950 g/mol. The Morgan fingerprint density at radius 1 is 0.250 bits per heavy atom. The summed E-state index contributed by atoms with van der Waals surface area (Å²) in [6.45, 7) is 13.1. The largest absolute Gasteiger partial charge is 0.507 e. The van der Waals surface area contributed by atoms with E-state index in [2.05, 4.69) is 50.4 Å². The molecule has 10 heterocycles. The van der Waals surface area contributed by atoms with E-state index in [9.17, 15) is 49.5 Å². The minimum atomic E-state index is -0.300. The monoisotopic (exact) mass is 1940 g/mol. The number of aromatic nitrogens is 15. The Balaban J connectivity index is 0.000000118. The number of nitrogens with one attached hydrogen (secondary N) is 5. The third kappa shape index (κ3) is 18.4. The van der Waals surface area contributed by atoms with Crippen LogP contribution in [-0.2, 0) is 6.42 Å². The number of H-pyrrole nitrogens is 5. The molecule has 0 bridgehead atoms. The summed E-state index contributed by atoms with van der Waals surface area (Å²) in [6.07, 6.45) is 8.10. The summed E-state index contributed by atoms with van der Waals surface area (Å²) in [4.78, 5) is 87.8. The summed E-state index contributed by atoms with van der Waals surface area (Å²) in [7, 11) is 0. The van der Waals surface area contributed by atoms with Gasteiger partial charge in [0.25, 0.3) is 27.8 Å². The lowest BCUT2D eigenvalue weighted by atomic mass is 10.0. The van der Waals surface area contributed by atoms with Crippen LogP contribution in [0.15, 0.2) is 298 Å². The summed E-state index contributed by atoms with van der Waals surface area (Å²) in [6, 6.07) is 71.8. The van der Waals surface area contributed by atoms with Gasteiger partial charge in [-0.3, -0.25) is 49.5 Å². The van der Waals surface area contributed by atoms with Gasteiger partial charge < -0.3 is 25.5 Å². The molecule has 0 amide bonds. The van der Waals surface area contributed by atoms with E-state index in [-0.39, 0.29) is 56.5 Å². The van der Waals surface area contributed by atoms with Gasteiger partial charge in [0.15, 0.2) is 28.2 Å². The Kier molecular flexibility index (Phi) is 26.2. The van der Waals surface area contributed by atoms with Crippen molar-refractivity contribution in [2.45, 2.75) is 54.9 Å². The lowest BCUT2D eigenvalue weighted by Gasteiger charge is -2.06. The molecule has 0 aliphatic rings. The Morgan fingerprint density at radius 3 is 0.801 bits per heavy atom. The van der Waals surface area contributed by atoms with Crippen molar-refractivity contribution in [1.29, 1.82) is 0 Å². The van der Waals surface area contributed by atoms with Gasteiger partial charge in [-0.15, -0.1) is 0 Å². The van der Waals surface area contributed by atoms with Crippen molar-refractivity contribution in [2.75, 3.05) is 0 Å². The predicted octanol–water partition coefficient (Wildman–Crippen LogP) is 23.6. The molecule has 11 aromatic carbocycles. The van der Waals surface area contributed by atoms with Crippen molar-refractivity contribution in [3.63, 3.8) is 0 Å². The molecule has 0 aliphatic heterocycles. The number of aryl methyl sites for hydroxylation is 7. The molecule has 0 saturated carbocycles. The van der Waals surface area contributed by atoms with Gasteiger partial charge >= 0.3 is 0 Å². The maximum absolute atomic E-state index is 13.4. The zero-order chi connectivity index (χ0) is 95.9. The van der Waals surface area contributed by atoms with Crippen LogP contribution in [0.3, 0.4) is 0 Å². The molecular formula is C104H78Cl7N15O10. The maximum atomic E-state index is 13.4. The highest BCUT2D eigenvalue weighted by atomic mass is 35.5. The number of nitrogens with zero attached hydrogens (tertiary/aromatic N) is 10. The fourth-order valence-corrected chi connectivity index (χ4v) is 17.2. The number of fused-ring (bicyclic) bond motifs is 5. The lowest BCUT2D eigenvalue weighted by Crippen LogP contribution is -2.17. The van der Waals surface area contributed by atoms with Gasteiger partial charge in [-0.05, 0) is 190 Å². The van der Waals surface area contributed by atoms with E-state index < -0.39 is 0 Å². The van der Waals surface area contributed by atoms with Crippen LogP contribution < -0.4 is 27.8 Å². The van der Waals surface area contributed by atoms with Gasteiger partial charge in [0.2, 0.25) is 0 Å². The summed E-state index contributed by atoms with van der Waals surface area (Å²) in [5.41, 5.74) is 21.3. The van der Waals surface area contributed by atoms with Gasteiger partial charge in [-0.1, -0.05) is 233 Å². The standard InChI is InChI=1S/C26H20ClN3O2.C20H15Cl2N3O2.C20H16ClN3O2.C19H13Cl2N3O2.C19H14ClN3O2/c1-16-7-12-20(23(31)13-16)21-15-28-25-24(18-8-10-19(27)11-9-18)22(29-30(25)26(21)32)14-17-5-3-2-4-6-17;1-10-3-5-13(17(26)7-10)14-9-23-19-18(11(2)24-25(19)20(14)27)12-4-6-15(21)16(22)8-12;1-11-3-8-15(17(25)9-11)16-10-22-19-18(12(2)23-24(19)20(16)26)13-4-6-14(21)7-5-13;1-10-17(11-6-7-14(20)15(21)8-11)18-22-9-13(19(26)24(18)23-10)12-4-2-3-5-16(12)25;1-11-17(12-6-8-13(20)9-7-12)18-21-10-15(19(25)23(18)22-11)14-4-2-3-5-16(14)24/h2-13,15,29,31H,14H2,1H3;3-9,24,26H,1-2H3;3-10,23,25H,1-2H3;2-9,23,25H,1H3;2-10,22,24H,1H3. The van der Waals surface area contributed by atoms with E-state index in [0.29, 0.717) is 125 Å². The normalized spacial score (nSPS) is 11.2. The quantitative estimate of drug-likeness (QED) is 0.0543. The van der Waals surface area contributed by atoms with Crippen LogP contribution in [0, 0.1) is 48.5 Å². The Hall–Kier alpha value is -15.5. The molecule has 0 fully saturated rings. The van der Waals surface area contributed by atoms with Gasteiger partial charge in [0, 0.05) is 137 Å². The first-order chi connectivity index (χ1) is 65.4. The molecule has 21 rings (SSSR count). The van der Waals surface area contributed by atoms with E-state index in [0.717, 1.165) is 106 Å². The molecule has 0 aliphatic carbocycles. The first-order valence-electron chi connectivity index (χ1n) is 42.1. The number of halogens is 7. The molecule has 21 aromatic rings. The van der Waals surface area contributed by atoms with Crippen LogP contribution in [-0.4, -0.2) is 98.5 Å². The zero-order valence-corrected chi connectivity index (χ0v) is 78.4. The smallest absolute Gasteiger partial charge is 0.280 e. The van der Waals surface area contributed by atoms with E-state index in [4.69, 9.17) is 81.2 Å². The fourth-order valence-electron chi connectivity index (χ4n) is 16.3. The average Bonchev–Trinajstić information content (AvgIpc) is 1.59. The lowest BCUT2D eigenvalue weighted by molar-refractivity contribution is 0.476. The topological polar surface area (TPSA) is 352 Å². The molecule has 10 aromatic heterocycles. The Morgan fingerprint density at radius 2 is 0.507 bits per heavy atom. The van der Waals surface area contributed by atoms with Gasteiger partial charge in [0.1, 0.15) is 28.7 Å². The van der Waals surface area contributed by atoms with Crippen LogP contribution in [0.25, 0.3) is 140 Å². The van der Waals surface area contributed by atoms with Crippen molar-refractivity contribution in [3.05, 3.63) is 411 Å². The zero-order valence-electron chi connectivity index (χ0n) is 73.1. The molecule has 678 valence electrons. The number of aromatic amines is 5. The van der Waals surface area contributed by atoms with Gasteiger partial charge in [-0.2, -0.15) is 0 Å². The SMILES string of the molecule is Cc1[nH]n2c(=O)c(-c3ccccc3O)cnc2c1-c1ccc(Cl)c(Cl)c1.Cc1[nH]n2c(=O)c(-c3ccccc3O)cnc2c1-c1ccc(Cl)cc1.Cc1ccc(-c2cnc3c(-c4ccc(Cl)c(Cl)c4)c(C)[nH]n3c2=O)c(O)c1.Cc1ccc(-c2cnc3c(-c4ccc(Cl)cc4)c(C)[nH]n3c2=O)c(O)c1.Cc1ccc(-c2cnc3c(-c4ccc(Cl)cc4)c(Cc4ccccc4)[nH]n3c2=O)c(O)c1. The molecule has 0 spiro atoms. The first-order valence-corrected chi connectivity index (χ1v) is 44.7. The molecule has 0 atom stereocenters. The number of rotatable bonds is 12. The first kappa shape index (κ1) is 92.4. The summed E-state index contributed by atoms with van der Waals surface area (Å²) < 4.78 is 7.02. The Labute approximate surface area is 808 Å². The second-order valence-corrected chi connectivity index (χ2v) is 35.1. The fraction of sp³-hybridized carbons (Fsp3) is 0.0769. The highest BCUT2D eigenvalue weighted by Crippen LogP contribution is 2.40. The number of para-hydroxylation sites is 2. The number of hydrogen-bond donors (Lipinski definition) is 10. The molecule has 0 saturated heterocycles. The van der Waals surface area contributed by atoms with Gasteiger partial charge in [0.05, 0.1) is 47.9 Å². The number of benzene rings is 11. The van der Waals surface area contributed by atoms with Gasteiger partial charge in [-0.25, -0.2) is 47.5 Å². The highest BCUT2D eigenvalue weighted by molar-refractivity contribution is 6.43. The van der Waals surface area contributed by atoms with Crippen molar-refractivity contribution < 1.29 is 25.5 Å². The van der Waals surface area contributed by atoms with E-state index in [1.807, 2.05) is 158 Å². The molecule has 25 nitrogen and oxygen atoms in total.